The molecular formula is C10H12BrNO3S. The van der Waals surface area contributed by atoms with Crippen LogP contribution in [0.3, 0.4) is 0 Å². The number of aryl methyl sites for hydroxylation is 1. The van der Waals surface area contributed by atoms with Gasteiger partial charge in [-0.05, 0) is 28.9 Å². The molecule has 1 aromatic heterocycles. The van der Waals surface area contributed by atoms with E-state index in [1.54, 1.807) is 0 Å². The van der Waals surface area contributed by atoms with Gasteiger partial charge in [0.15, 0.2) is 0 Å². The molecule has 1 heterocycles. The Morgan fingerprint density at radius 3 is 2.62 bits per heavy atom. The van der Waals surface area contributed by atoms with Crippen LogP contribution in [0.15, 0.2) is 10.5 Å². The highest BCUT2D eigenvalue weighted by Gasteiger charge is 2.20. The molecule has 16 heavy (non-hydrogen) atoms. The normalized spacial score (nSPS) is 12.2. The van der Waals surface area contributed by atoms with Gasteiger partial charge in [0, 0.05) is 27.6 Å². The molecule has 0 radical (unpaired) electrons. The van der Waals surface area contributed by atoms with Gasteiger partial charge in [-0.3, -0.25) is 4.79 Å². The molecule has 0 saturated heterocycles. The second-order valence-electron chi connectivity index (χ2n) is 3.41. The van der Waals surface area contributed by atoms with Crippen LogP contribution in [-0.4, -0.2) is 23.0 Å². The van der Waals surface area contributed by atoms with E-state index in [4.69, 9.17) is 5.11 Å². The molecule has 4 nitrogen and oxygen atoms in total. The summed E-state index contributed by atoms with van der Waals surface area (Å²) in [6, 6.07) is 1.03. The summed E-state index contributed by atoms with van der Waals surface area (Å²) in [7, 11) is 0. The number of thiophene rings is 1. The Labute approximate surface area is 106 Å². The highest BCUT2D eigenvalue weighted by atomic mass is 79.9. The number of rotatable bonds is 4. The van der Waals surface area contributed by atoms with Crippen molar-refractivity contribution in [1.29, 1.82) is 0 Å². The molecule has 0 saturated carbocycles. The molecule has 0 fully saturated rings. The molecule has 0 aliphatic carbocycles. The van der Waals surface area contributed by atoms with E-state index in [1.165, 1.54) is 18.3 Å². The van der Waals surface area contributed by atoms with Crippen LogP contribution in [0, 0.1) is 6.92 Å². The van der Waals surface area contributed by atoms with Crippen molar-refractivity contribution in [2.75, 3.05) is 0 Å². The number of carboxylic acid groups (broad SMARTS) is 1. The molecule has 0 aromatic carbocycles. The van der Waals surface area contributed by atoms with Gasteiger partial charge in [0.25, 0.3) is 0 Å². The quantitative estimate of drug-likeness (QED) is 0.893. The second-order valence-corrected chi connectivity index (χ2v) is 5.61. The average molecular weight is 306 g/mol. The van der Waals surface area contributed by atoms with Crippen LogP contribution >= 0.6 is 27.3 Å². The first-order valence-corrected chi connectivity index (χ1v) is 6.26. The smallest absolute Gasteiger partial charge is 0.326 e. The van der Waals surface area contributed by atoms with E-state index < -0.39 is 12.0 Å². The van der Waals surface area contributed by atoms with Gasteiger partial charge in [-0.1, -0.05) is 0 Å². The van der Waals surface area contributed by atoms with Crippen molar-refractivity contribution in [2.24, 2.45) is 0 Å². The number of carbonyl (C=O) groups excluding carboxylic acids is 1. The minimum atomic E-state index is -1.02. The van der Waals surface area contributed by atoms with E-state index >= 15 is 0 Å². The van der Waals surface area contributed by atoms with E-state index in [9.17, 15) is 9.59 Å². The first kappa shape index (κ1) is 13.2. The van der Waals surface area contributed by atoms with Crippen molar-refractivity contribution in [1.82, 2.24) is 5.32 Å². The van der Waals surface area contributed by atoms with Crippen molar-refractivity contribution in [3.63, 3.8) is 0 Å². The van der Waals surface area contributed by atoms with E-state index in [0.29, 0.717) is 6.42 Å². The standard InChI is InChI=1S/C10H12BrNO3S/c1-5-8(11)3-7(16-5)4-9(10(14)15)12-6(2)13/h3,9H,4H2,1-2H3,(H,12,13)(H,14,15). The fourth-order valence-corrected chi connectivity index (χ4v) is 2.91. The summed E-state index contributed by atoms with van der Waals surface area (Å²) in [6.45, 7) is 3.26. The summed E-state index contributed by atoms with van der Waals surface area (Å²) in [6.07, 6.45) is 0.312. The lowest BCUT2D eigenvalue weighted by Gasteiger charge is -2.11. The van der Waals surface area contributed by atoms with Crippen LogP contribution in [0.2, 0.25) is 0 Å². The van der Waals surface area contributed by atoms with Crippen LogP contribution in [0.4, 0.5) is 0 Å². The Bertz CT molecular complexity index is 397. The molecule has 88 valence electrons. The predicted molar refractivity (Wildman–Crippen MR) is 65.7 cm³/mol. The molecule has 6 heteroatoms. The summed E-state index contributed by atoms with van der Waals surface area (Å²) in [5.41, 5.74) is 0. The second kappa shape index (κ2) is 5.45. The third-order valence-corrected chi connectivity index (χ3v) is 4.15. The number of hydrogen-bond acceptors (Lipinski definition) is 3. The van der Waals surface area contributed by atoms with Crippen LogP contribution in [0.5, 0.6) is 0 Å². The largest absolute Gasteiger partial charge is 0.480 e. The first-order valence-electron chi connectivity index (χ1n) is 4.65. The molecule has 0 aliphatic rings. The molecular weight excluding hydrogens is 294 g/mol. The van der Waals surface area contributed by atoms with Gasteiger partial charge >= 0.3 is 5.97 Å². The topological polar surface area (TPSA) is 66.4 Å². The zero-order valence-electron chi connectivity index (χ0n) is 8.91. The fraction of sp³-hybridized carbons (Fsp3) is 0.400. The molecule has 1 rings (SSSR count). The number of carboxylic acids is 1. The maximum absolute atomic E-state index is 10.9. The molecule has 0 bridgehead atoms. The SMILES string of the molecule is CC(=O)NC(Cc1cc(Br)c(C)s1)C(=O)O. The lowest BCUT2D eigenvalue weighted by atomic mass is 10.2. The maximum atomic E-state index is 10.9. The molecule has 1 unspecified atom stereocenters. The van der Waals surface area contributed by atoms with Crippen LogP contribution < -0.4 is 5.32 Å². The first-order chi connectivity index (χ1) is 7.40. The Kier molecular flexibility index (Phi) is 4.49. The Balaban J connectivity index is 2.75. The molecule has 1 atom stereocenters. The summed E-state index contributed by atoms with van der Waals surface area (Å²) in [5.74, 6) is -1.35. The lowest BCUT2D eigenvalue weighted by molar-refractivity contribution is -0.141. The number of nitrogens with one attached hydrogen (secondary N) is 1. The minimum Gasteiger partial charge on any atom is -0.480 e. The van der Waals surface area contributed by atoms with Gasteiger partial charge in [-0.25, -0.2) is 4.79 Å². The third kappa shape index (κ3) is 3.61. The summed E-state index contributed by atoms with van der Waals surface area (Å²) in [4.78, 5) is 23.8. The maximum Gasteiger partial charge on any atom is 0.326 e. The van der Waals surface area contributed by atoms with Gasteiger partial charge in [-0.2, -0.15) is 0 Å². The number of amides is 1. The Morgan fingerprint density at radius 1 is 1.62 bits per heavy atom. The minimum absolute atomic E-state index is 0.312. The van der Waals surface area contributed by atoms with E-state index in [1.807, 2.05) is 13.0 Å². The van der Waals surface area contributed by atoms with Gasteiger partial charge in [0.2, 0.25) is 5.91 Å². The van der Waals surface area contributed by atoms with Gasteiger partial charge < -0.3 is 10.4 Å². The Morgan fingerprint density at radius 2 is 2.25 bits per heavy atom. The molecule has 1 amide bonds. The van der Waals surface area contributed by atoms with Crippen LogP contribution in [-0.2, 0) is 16.0 Å². The van der Waals surface area contributed by atoms with E-state index in [0.717, 1.165) is 14.2 Å². The van der Waals surface area contributed by atoms with Gasteiger partial charge in [0.05, 0.1) is 0 Å². The number of halogens is 1. The van der Waals surface area contributed by atoms with Crippen molar-refractivity contribution in [2.45, 2.75) is 26.3 Å². The van der Waals surface area contributed by atoms with Gasteiger partial charge in [0.1, 0.15) is 6.04 Å². The Hall–Kier alpha value is -0.880. The zero-order valence-corrected chi connectivity index (χ0v) is 11.3. The molecule has 1 aromatic rings. The fourth-order valence-electron chi connectivity index (χ4n) is 1.27. The average Bonchev–Trinajstić information content (AvgIpc) is 2.44. The van der Waals surface area contributed by atoms with Crippen molar-refractivity contribution in [3.05, 3.63) is 20.3 Å². The van der Waals surface area contributed by atoms with E-state index in [-0.39, 0.29) is 5.91 Å². The van der Waals surface area contributed by atoms with E-state index in [2.05, 4.69) is 21.2 Å². The van der Waals surface area contributed by atoms with Crippen molar-refractivity contribution in [3.8, 4) is 0 Å². The monoisotopic (exact) mass is 305 g/mol. The number of carbonyl (C=O) groups is 2. The van der Waals surface area contributed by atoms with Gasteiger partial charge in [-0.15, -0.1) is 11.3 Å². The lowest BCUT2D eigenvalue weighted by Crippen LogP contribution is -2.40. The summed E-state index contributed by atoms with van der Waals surface area (Å²) >= 11 is 4.90. The third-order valence-electron chi connectivity index (χ3n) is 1.99. The zero-order chi connectivity index (χ0) is 12.3. The number of aliphatic carboxylic acids is 1. The van der Waals surface area contributed by atoms with Crippen LogP contribution in [0.25, 0.3) is 0 Å². The summed E-state index contributed by atoms with van der Waals surface area (Å²) in [5, 5.41) is 11.3. The summed E-state index contributed by atoms with van der Waals surface area (Å²) < 4.78 is 0.972. The molecule has 0 aliphatic heterocycles. The van der Waals surface area contributed by atoms with Crippen molar-refractivity contribution < 1.29 is 14.7 Å². The highest BCUT2D eigenvalue weighted by Crippen LogP contribution is 2.27. The molecule has 2 N–H and O–H groups in total. The number of hydrogen-bond donors (Lipinski definition) is 2. The van der Waals surface area contributed by atoms with Crippen LogP contribution in [0.1, 0.15) is 16.7 Å². The van der Waals surface area contributed by atoms with Crippen molar-refractivity contribution >= 4 is 39.1 Å². The highest BCUT2D eigenvalue weighted by molar-refractivity contribution is 9.10. The molecule has 0 spiro atoms. The predicted octanol–water partition coefficient (Wildman–Crippen LogP) is 1.95.